The van der Waals surface area contributed by atoms with Gasteiger partial charge in [0.05, 0.1) is 5.56 Å². The Balaban J connectivity index is 0.00000243. The molecule has 8 heteroatoms. The third-order valence-electron chi connectivity index (χ3n) is 5.00. The molecular formula is C18H24ClF2N3O2. The Kier molecular flexibility index (Phi) is 7.34. The molecule has 1 aromatic carbocycles. The van der Waals surface area contributed by atoms with Crippen LogP contribution in [0.5, 0.6) is 0 Å². The largest absolute Gasteiger partial charge is 0.354 e. The summed E-state index contributed by atoms with van der Waals surface area (Å²) in [6, 6.07) is 3.31. The number of rotatable bonds is 4. The molecule has 0 bridgehead atoms. The van der Waals surface area contributed by atoms with Gasteiger partial charge in [0.2, 0.25) is 5.91 Å². The van der Waals surface area contributed by atoms with Crippen molar-refractivity contribution in [2.24, 2.45) is 5.92 Å². The van der Waals surface area contributed by atoms with Crippen LogP contribution in [0.4, 0.5) is 8.78 Å². The summed E-state index contributed by atoms with van der Waals surface area (Å²) >= 11 is 0. The summed E-state index contributed by atoms with van der Waals surface area (Å²) in [6.07, 6.45) is 3.33. The minimum Gasteiger partial charge on any atom is -0.354 e. The minimum absolute atomic E-state index is 0. The van der Waals surface area contributed by atoms with Crippen molar-refractivity contribution in [3.8, 4) is 0 Å². The van der Waals surface area contributed by atoms with Crippen LogP contribution in [0.15, 0.2) is 18.2 Å². The third kappa shape index (κ3) is 4.92. The summed E-state index contributed by atoms with van der Waals surface area (Å²) in [4.78, 5) is 26.1. The van der Waals surface area contributed by atoms with Gasteiger partial charge in [0.25, 0.3) is 5.91 Å². The molecule has 0 aliphatic carbocycles. The average molecular weight is 388 g/mol. The van der Waals surface area contributed by atoms with Gasteiger partial charge in [-0.25, -0.2) is 8.78 Å². The molecule has 26 heavy (non-hydrogen) atoms. The van der Waals surface area contributed by atoms with Crippen LogP contribution >= 0.6 is 12.4 Å². The zero-order valence-electron chi connectivity index (χ0n) is 14.5. The molecule has 0 saturated carbocycles. The Morgan fingerprint density at radius 3 is 2.54 bits per heavy atom. The van der Waals surface area contributed by atoms with Crippen LogP contribution in [-0.4, -0.2) is 48.9 Å². The van der Waals surface area contributed by atoms with Crippen molar-refractivity contribution in [1.29, 1.82) is 0 Å². The van der Waals surface area contributed by atoms with E-state index in [-0.39, 0.29) is 29.8 Å². The van der Waals surface area contributed by atoms with Crippen LogP contribution in [0.2, 0.25) is 0 Å². The summed E-state index contributed by atoms with van der Waals surface area (Å²) in [5.74, 6) is -2.11. The molecule has 144 valence electrons. The van der Waals surface area contributed by atoms with E-state index in [0.717, 1.165) is 25.5 Å². The number of carbonyl (C=O) groups excluding carboxylic acids is 2. The number of nitrogens with zero attached hydrogens (tertiary/aromatic N) is 1. The SMILES string of the molecule is Cl.O=C(NCC1CCCN1)C1CCN(C(=O)c2ccc(F)cc2F)CC1. The van der Waals surface area contributed by atoms with Crippen molar-refractivity contribution in [1.82, 2.24) is 15.5 Å². The van der Waals surface area contributed by atoms with Crippen LogP contribution in [0.25, 0.3) is 0 Å². The molecule has 2 N–H and O–H groups in total. The fourth-order valence-corrected chi connectivity index (χ4v) is 3.48. The normalized spacial score (nSPS) is 20.5. The van der Waals surface area contributed by atoms with Gasteiger partial charge in [-0.3, -0.25) is 9.59 Å². The summed E-state index contributed by atoms with van der Waals surface area (Å²) in [7, 11) is 0. The fourth-order valence-electron chi connectivity index (χ4n) is 3.48. The van der Waals surface area contributed by atoms with Crippen LogP contribution in [0, 0.1) is 17.6 Å². The number of hydrogen-bond acceptors (Lipinski definition) is 3. The molecule has 2 amide bonds. The third-order valence-corrected chi connectivity index (χ3v) is 5.00. The highest BCUT2D eigenvalue weighted by atomic mass is 35.5. The molecule has 2 aliphatic rings. The van der Waals surface area contributed by atoms with E-state index in [1.165, 1.54) is 11.0 Å². The molecular weight excluding hydrogens is 364 g/mol. The highest BCUT2D eigenvalue weighted by Crippen LogP contribution is 2.21. The molecule has 2 heterocycles. The number of carbonyl (C=O) groups is 2. The van der Waals surface area contributed by atoms with Crippen LogP contribution < -0.4 is 10.6 Å². The lowest BCUT2D eigenvalue weighted by atomic mass is 9.95. The van der Waals surface area contributed by atoms with Gasteiger partial charge < -0.3 is 15.5 Å². The number of nitrogens with one attached hydrogen (secondary N) is 2. The van der Waals surface area contributed by atoms with Gasteiger partial charge in [-0.15, -0.1) is 12.4 Å². The smallest absolute Gasteiger partial charge is 0.256 e. The highest BCUT2D eigenvalue weighted by molar-refractivity contribution is 5.94. The fraction of sp³-hybridized carbons (Fsp3) is 0.556. The van der Waals surface area contributed by atoms with E-state index in [1.807, 2.05) is 0 Å². The van der Waals surface area contributed by atoms with E-state index in [2.05, 4.69) is 10.6 Å². The van der Waals surface area contributed by atoms with Gasteiger partial charge in [-0.1, -0.05) is 0 Å². The van der Waals surface area contributed by atoms with Crippen molar-refractivity contribution < 1.29 is 18.4 Å². The molecule has 1 atom stereocenters. The molecule has 1 aromatic rings. The van der Waals surface area contributed by atoms with Gasteiger partial charge in [0.15, 0.2) is 0 Å². The number of halogens is 3. The van der Waals surface area contributed by atoms with Gasteiger partial charge in [0, 0.05) is 37.7 Å². The van der Waals surface area contributed by atoms with E-state index in [1.54, 1.807) is 0 Å². The standard InChI is InChI=1S/C18H23F2N3O2.ClH/c19-13-3-4-15(16(20)10-13)18(25)23-8-5-12(6-9-23)17(24)22-11-14-2-1-7-21-14;/h3-4,10,12,14,21H,1-2,5-9,11H2,(H,22,24);1H. The average Bonchev–Trinajstić information content (AvgIpc) is 3.13. The Morgan fingerprint density at radius 1 is 1.19 bits per heavy atom. The zero-order chi connectivity index (χ0) is 17.8. The van der Waals surface area contributed by atoms with E-state index in [0.29, 0.717) is 44.6 Å². The lowest BCUT2D eigenvalue weighted by Gasteiger charge is -2.31. The first kappa shape index (κ1) is 20.6. The lowest BCUT2D eigenvalue weighted by Crippen LogP contribution is -2.45. The number of piperidine rings is 1. The predicted octanol–water partition coefficient (Wildman–Crippen LogP) is 2.11. The monoisotopic (exact) mass is 387 g/mol. The molecule has 0 aromatic heterocycles. The van der Waals surface area contributed by atoms with Crippen LogP contribution in [-0.2, 0) is 4.79 Å². The quantitative estimate of drug-likeness (QED) is 0.831. The first-order valence-corrected chi connectivity index (χ1v) is 8.80. The second kappa shape index (κ2) is 9.28. The van der Waals surface area contributed by atoms with Crippen molar-refractivity contribution >= 4 is 24.2 Å². The number of amides is 2. The van der Waals surface area contributed by atoms with Crippen LogP contribution in [0.3, 0.4) is 0 Å². The molecule has 3 rings (SSSR count). The van der Waals surface area contributed by atoms with Crippen molar-refractivity contribution in [3.05, 3.63) is 35.4 Å². The zero-order valence-corrected chi connectivity index (χ0v) is 15.3. The van der Waals surface area contributed by atoms with Crippen molar-refractivity contribution in [3.63, 3.8) is 0 Å². The molecule has 5 nitrogen and oxygen atoms in total. The molecule has 2 aliphatic heterocycles. The van der Waals surface area contributed by atoms with Gasteiger partial charge in [-0.05, 0) is 44.4 Å². The summed E-state index contributed by atoms with van der Waals surface area (Å²) in [5.41, 5.74) is -0.128. The Bertz CT molecular complexity index is 645. The Labute approximate surface area is 157 Å². The van der Waals surface area contributed by atoms with E-state index in [9.17, 15) is 18.4 Å². The maximum Gasteiger partial charge on any atom is 0.256 e. The Morgan fingerprint density at radius 2 is 1.92 bits per heavy atom. The van der Waals surface area contributed by atoms with Crippen LogP contribution in [0.1, 0.15) is 36.0 Å². The molecule has 0 radical (unpaired) electrons. The lowest BCUT2D eigenvalue weighted by molar-refractivity contribution is -0.126. The molecule has 1 unspecified atom stereocenters. The second-order valence-corrected chi connectivity index (χ2v) is 6.73. The number of benzene rings is 1. The topological polar surface area (TPSA) is 61.4 Å². The van der Waals surface area contributed by atoms with Gasteiger partial charge in [-0.2, -0.15) is 0 Å². The number of hydrogen-bond donors (Lipinski definition) is 2. The molecule has 0 spiro atoms. The van der Waals surface area contributed by atoms with E-state index < -0.39 is 17.5 Å². The van der Waals surface area contributed by atoms with Gasteiger partial charge in [0.1, 0.15) is 11.6 Å². The molecule has 2 saturated heterocycles. The maximum atomic E-state index is 13.8. The van der Waals surface area contributed by atoms with E-state index >= 15 is 0 Å². The number of likely N-dealkylation sites (tertiary alicyclic amines) is 1. The second-order valence-electron chi connectivity index (χ2n) is 6.73. The summed E-state index contributed by atoms with van der Waals surface area (Å²) in [6.45, 7) is 2.44. The summed E-state index contributed by atoms with van der Waals surface area (Å²) < 4.78 is 26.7. The maximum absolute atomic E-state index is 13.8. The molecule has 2 fully saturated rings. The van der Waals surface area contributed by atoms with Crippen molar-refractivity contribution in [2.75, 3.05) is 26.2 Å². The predicted molar refractivity (Wildman–Crippen MR) is 96.3 cm³/mol. The highest BCUT2D eigenvalue weighted by Gasteiger charge is 2.29. The summed E-state index contributed by atoms with van der Waals surface area (Å²) in [5, 5.41) is 6.31. The minimum atomic E-state index is -0.853. The van der Waals surface area contributed by atoms with Gasteiger partial charge >= 0.3 is 0 Å². The van der Waals surface area contributed by atoms with E-state index in [4.69, 9.17) is 0 Å². The first-order chi connectivity index (χ1) is 12.0. The Hall–Kier alpha value is -1.73. The first-order valence-electron chi connectivity index (χ1n) is 8.80. The van der Waals surface area contributed by atoms with Crippen molar-refractivity contribution in [2.45, 2.75) is 31.7 Å².